The molecule has 1 unspecified atom stereocenters. The lowest BCUT2D eigenvalue weighted by molar-refractivity contribution is 0.0970. The highest BCUT2D eigenvalue weighted by molar-refractivity contribution is 6.30. The first kappa shape index (κ1) is 25.5. The van der Waals surface area contributed by atoms with E-state index in [1.54, 1.807) is 56.6 Å². The number of aromatic nitrogens is 1. The Labute approximate surface area is 214 Å². The summed E-state index contributed by atoms with van der Waals surface area (Å²) in [4.78, 5) is 17.1. The molecule has 0 aliphatic heterocycles. The minimum Gasteiger partial charge on any atom is -0.497 e. The molecule has 0 bridgehead atoms. The van der Waals surface area contributed by atoms with Gasteiger partial charge in [0, 0.05) is 51.6 Å². The minimum absolute atomic E-state index is 0.304. The molecule has 4 rings (SSSR count). The molecule has 188 valence electrons. The van der Waals surface area contributed by atoms with Crippen LogP contribution in [0.2, 0.25) is 5.02 Å². The first-order chi connectivity index (χ1) is 17.3. The zero-order valence-corrected chi connectivity index (χ0v) is 21.1. The van der Waals surface area contributed by atoms with Gasteiger partial charge in [-0.25, -0.2) is 4.39 Å². The van der Waals surface area contributed by atoms with Crippen molar-refractivity contribution in [3.05, 3.63) is 87.8 Å². The van der Waals surface area contributed by atoms with E-state index in [0.29, 0.717) is 62.0 Å². The van der Waals surface area contributed by atoms with Crippen molar-refractivity contribution in [2.75, 3.05) is 19.0 Å². The van der Waals surface area contributed by atoms with Gasteiger partial charge in [-0.2, -0.15) is 0 Å². The van der Waals surface area contributed by atoms with Crippen LogP contribution >= 0.6 is 11.6 Å². The number of hydrogen-bond donors (Lipinski definition) is 3. The van der Waals surface area contributed by atoms with E-state index in [9.17, 15) is 14.3 Å². The second-order valence-corrected chi connectivity index (χ2v) is 8.97. The standard InChI is InChI=1S/C28H28ClFN2O4/c1-4-7-36-22-12-20(11-21(13-22)35-3)32-27(23-6-5-18(29)9-17(23)15-33)28(34)25-14-31-26-16(2)8-19(30)10-24(25)26/h5-6,8-14,27,31-33H,4,7,15H2,1-3H3. The Balaban J connectivity index is 1.83. The van der Waals surface area contributed by atoms with Crippen molar-refractivity contribution in [3.8, 4) is 11.5 Å². The highest BCUT2D eigenvalue weighted by atomic mass is 35.5. The number of aliphatic hydroxyl groups is 1. The van der Waals surface area contributed by atoms with E-state index in [2.05, 4.69) is 10.3 Å². The summed E-state index contributed by atoms with van der Waals surface area (Å²) in [5.74, 6) is 0.419. The molecule has 0 spiro atoms. The number of methoxy groups -OCH3 is 1. The summed E-state index contributed by atoms with van der Waals surface area (Å²) in [6, 6.07) is 12.2. The summed E-state index contributed by atoms with van der Waals surface area (Å²) in [6.07, 6.45) is 2.42. The molecule has 6 nitrogen and oxygen atoms in total. The van der Waals surface area contributed by atoms with Crippen molar-refractivity contribution in [2.24, 2.45) is 0 Å². The molecular weight excluding hydrogens is 483 g/mol. The second kappa shape index (κ2) is 11.0. The Bertz CT molecular complexity index is 1400. The number of Topliss-reactive ketones (excluding diaryl/α,β-unsaturated/α-hetero) is 1. The van der Waals surface area contributed by atoms with Crippen LogP contribution in [0.4, 0.5) is 10.1 Å². The molecular formula is C28H28ClFN2O4. The number of carbonyl (C=O) groups excluding carboxylic acids is 1. The number of nitrogens with one attached hydrogen (secondary N) is 2. The summed E-state index contributed by atoms with van der Waals surface area (Å²) < 4.78 is 25.5. The van der Waals surface area contributed by atoms with E-state index in [0.717, 1.165) is 6.42 Å². The minimum atomic E-state index is -0.918. The molecule has 0 saturated heterocycles. The predicted octanol–water partition coefficient (Wildman–Crippen LogP) is 6.59. The topological polar surface area (TPSA) is 83.6 Å². The van der Waals surface area contributed by atoms with Gasteiger partial charge >= 0.3 is 0 Å². The van der Waals surface area contributed by atoms with Crippen molar-refractivity contribution in [1.82, 2.24) is 4.98 Å². The fourth-order valence-corrected chi connectivity index (χ4v) is 4.44. The monoisotopic (exact) mass is 510 g/mol. The Morgan fingerprint density at radius 1 is 1.17 bits per heavy atom. The molecule has 36 heavy (non-hydrogen) atoms. The molecule has 0 aliphatic carbocycles. The summed E-state index contributed by atoms with van der Waals surface area (Å²) in [6.45, 7) is 4.01. The number of aliphatic hydroxyl groups excluding tert-OH is 1. The lowest BCUT2D eigenvalue weighted by atomic mass is 9.93. The maximum Gasteiger partial charge on any atom is 0.191 e. The number of aryl methyl sites for hydroxylation is 1. The van der Waals surface area contributed by atoms with Crippen LogP contribution in [0.1, 0.15) is 46.4 Å². The van der Waals surface area contributed by atoms with Crippen LogP contribution in [-0.4, -0.2) is 29.6 Å². The zero-order chi connectivity index (χ0) is 25.8. The van der Waals surface area contributed by atoms with Gasteiger partial charge in [0.25, 0.3) is 0 Å². The number of fused-ring (bicyclic) bond motifs is 1. The predicted molar refractivity (Wildman–Crippen MR) is 140 cm³/mol. The van der Waals surface area contributed by atoms with Crippen LogP contribution in [0, 0.1) is 12.7 Å². The average molecular weight is 511 g/mol. The van der Waals surface area contributed by atoms with Crippen LogP contribution < -0.4 is 14.8 Å². The third-order valence-corrected chi connectivity index (χ3v) is 6.20. The number of benzene rings is 3. The van der Waals surface area contributed by atoms with Gasteiger partial charge in [0.15, 0.2) is 5.78 Å². The molecule has 8 heteroatoms. The van der Waals surface area contributed by atoms with Crippen LogP contribution in [0.15, 0.2) is 54.7 Å². The number of halogens is 2. The van der Waals surface area contributed by atoms with Gasteiger partial charge in [0.1, 0.15) is 23.4 Å². The first-order valence-electron chi connectivity index (χ1n) is 11.6. The van der Waals surface area contributed by atoms with Gasteiger partial charge in [-0.05, 0) is 54.3 Å². The smallest absolute Gasteiger partial charge is 0.191 e. The third kappa shape index (κ3) is 5.32. The molecule has 0 radical (unpaired) electrons. The molecule has 3 N–H and O–H groups in total. The highest BCUT2D eigenvalue weighted by Gasteiger charge is 2.27. The summed E-state index contributed by atoms with van der Waals surface area (Å²) in [5, 5.41) is 14.3. The van der Waals surface area contributed by atoms with Gasteiger partial charge in [-0.15, -0.1) is 0 Å². The number of ketones is 1. The van der Waals surface area contributed by atoms with Crippen molar-refractivity contribution >= 4 is 34.0 Å². The van der Waals surface area contributed by atoms with Crippen LogP contribution in [-0.2, 0) is 6.61 Å². The normalized spacial score (nSPS) is 11.9. The maximum absolute atomic E-state index is 14.3. The Morgan fingerprint density at radius 3 is 2.67 bits per heavy atom. The first-order valence-corrected chi connectivity index (χ1v) is 12.0. The van der Waals surface area contributed by atoms with Crippen LogP contribution in [0.3, 0.4) is 0 Å². The van der Waals surface area contributed by atoms with Gasteiger partial charge < -0.3 is 24.9 Å². The van der Waals surface area contributed by atoms with Gasteiger partial charge in [0.05, 0.1) is 20.3 Å². The summed E-state index contributed by atoms with van der Waals surface area (Å²) >= 11 is 6.17. The second-order valence-electron chi connectivity index (χ2n) is 8.54. The largest absolute Gasteiger partial charge is 0.497 e. The number of anilines is 1. The number of ether oxygens (including phenoxy) is 2. The quantitative estimate of drug-likeness (QED) is 0.209. The van der Waals surface area contributed by atoms with Crippen molar-refractivity contribution in [2.45, 2.75) is 32.9 Å². The lowest BCUT2D eigenvalue weighted by Gasteiger charge is -2.22. The fraction of sp³-hybridized carbons (Fsp3) is 0.250. The molecule has 0 amide bonds. The third-order valence-electron chi connectivity index (χ3n) is 5.96. The van der Waals surface area contributed by atoms with Crippen molar-refractivity contribution in [3.63, 3.8) is 0 Å². The highest BCUT2D eigenvalue weighted by Crippen LogP contribution is 2.34. The Hall–Kier alpha value is -3.55. The van der Waals surface area contributed by atoms with E-state index in [4.69, 9.17) is 21.1 Å². The van der Waals surface area contributed by atoms with E-state index in [-0.39, 0.29) is 12.4 Å². The van der Waals surface area contributed by atoms with E-state index in [1.165, 1.54) is 12.1 Å². The van der Waals surface area contributed by atoms with Crippen LogP contribution in [0.25, 0.3) is 10.9 Å². The number of rotatable bonds is 10. The maximum atomic E-state index is 14.3. The molecule has 0 fully saturated rings. The number of aromatic amines is 1. The molecule has 3 aromatic carbocycles. The van der Waals surface area contributed by atoms with Gasteiger partial charge in [-0.3, -0.25) is 4.79 Å². The lowest BCUT2D eigenvalue weighted by Crippen LogP contribution is -2.23. The van der Waals surface area contributed by atoms with E-state index < -0.39 is 11.9 Å². The SMILES string of the molecule is CCCOc1cc(NC(C(=O)c2c[nH]c3c(C)cc(F)cc23)c2ccc(Cl)cc2CO)cc(OC)c1. The molecule has 0 saturated carbocycles. The van der Waals surface area contributed by atoms with E-state index in [1.807, 2.05) is 6.92 Å². The molecule has 1 atom stereocenters. The molecule has 0 aliphatic rings. The fourth-order valence-electron chi connectivity index (χ4n) is 4.25. The zero-order valence-electron chi connectivity index (χ0n) is 20.3. The molecule has 1 aromatic heterocycles. The van der Waals surface area contributed by atoms with Crippen molar-refractivity contribution < 1.29 is 23.8 Å². The van der Waals surface area contributed by atoms with Gasteiger partial charge in [-0.1, -0.05) is 24.6 Å². The van der Waals surface area contributed by atoms with E-state index >= 15 is 0 Å². The summed E-state index contributed by atoms with van der Waals surface area (Å²) in [5.41, 5.74) is 3.35. The van der Waals surface area contributed by atoms with Gasteiger partial charge in [0.2, 0.25) is 0 Å². The average Bonchev–Trinajstić information content (AvgIpc) is 3.29. The number of H-pyrrole nitrogens is 1. The summed E-state index contributed by atoms with van der Waals surface area (Å²) in [7, 11) is 1.55. The molecule has 4 aromatic rings. The van der Waals surface area contributed by atoms with Crippen LogP contribution in [0.5, 0.6) is 11.5 Å². The number of hydrogen-bond acceptors (Lipinski definition) is 5. The number of carbonyl (C=O) groups is 1. The molecule has 1 heterocycles. The Morgan fingerprint density at radius 2 is 1.94 bits per heavy atom. The Kier molecular flexibility index (Phi) is 7.82. The van der Waals surface area contributed by atoms with Crippen molar-refractivity contribution in [1.29, 1.82) is 0 Å².